The molecule has 2 heterocycles. The van der Waals surface area contributed by atoms with Crippen LogP contribution in [0.25, 0.3) is 10.9 Å². The molecule has 0 aliphatic carbocycles. The van der Waals surface area contributed by atoms with Crippen LogP contribution in [-0.4, -0.2) is 35.5 Å². The van der Waals surface area contributed by atoms with Gasteiger partial charge in [-0.3, -0.25) is 9.59 Å². The normalized spacial score (nSPS) is 17.8. The molecular formula is C17H20N2O3. The van der Waals surface area contributed by atoms with E-state index in [0.717, 1.165) is 29.3 Å². The lowest BCUT2D eigenvalue weighted by atomic mass is 10.1. The van der Waals surface area contributed by atoms with Gasteiger partial charge in [0.15, 0.2) is 0 Å². The Balaban J connectivity index is 1.83. The van der Waals surface area contributed by atoms with Gasteiger partial charge in [0.25, 0.3) is 11.5 Å². The second-order valence-corrected chi connectivity index (χ2v) is 5.91. The molecule has 116 valence electrons. The number of benzene rings is 1. The molecule has 0 unspecified atom stereocenters. The lowest BCUT2D eigenvalue weighted by molar-refractivity contribution is -0.140. The van der Waals surface area contributed by atoms with E-state index in [1.165, 1.54) is 0 Å². The molecule has 0 radical (unpaired) electrons. The summed E-state index contributed by atoms with van der Waals surface area (Å²) in [7, 11) is 1.71. The van der Waals surface area contributed by atoms with Crippen molar-refractivity contribution in [2.45, 2.75) is 32.4 Å². The standard InChI is InChI=1S/C17H20N2O3/c1-11-5-6-12-9-13(16(20)18-14(12)8-11)10-19(2)17(21)15-4-3-7-22-15/h5-6,8-9,15H,3-4,7,10H2,1-2H3,(H,18,20)/t15-/m0/s1. The van der Waals surface area contributed by atoms with Crippen LogP contribution in [0.4, 0.5) is 0 Å². The fraction of sp³-hybridized carbons (Fsp3) is 0.412. The molecule has 0 bridgehead atoms. The highest BCUT2D eigenvalue weighted by Crippen LogP contribution is 2.16. The molecular weight excluding hydrogens is 280 g/mol. The van der Waals surface area contributed by atoms with Gasteiger partial charge < -0.3 is 14.6 Å². The summed E-state index contributed by atoms with van der Waals surface area (Å²) in [5, 5.41) is 0.971. The molecule has 1 saturated heterocycles. The van der Waals surface area contributed by atoms with Crippen molar-refractivity contribution in [3.63, 3.8) is 0 Å². The number of likely N-dealkylation sites (N-methyl/N-ethyl adjacent to an activating group) is 1. The number of nitrogens with one attached hydrogen (secondary N) is 1. The predicted molar refractivity (Wildman–Crippen MR) is 84.8 cm³/mol. The third-order valence-corrected chi connectivity index (χ3v) is 4.07. The third-order valence-electron chi connectivity index (χ3n) is 4.07. The van der Waals surface area contributed by atoms with Crippen molar-refractivity contribution in [3.05, 3.63) is 45.7 Å². The zero-order valence-electron chi connectivity index (χ0n) is 12.9. The van der Waals surface area contributed by atoms with E-state index in [2.05, 4.69) is 4.98 Å². The van der Waals surface area contributed by atoms with Crippen LogP contribution in [-0.2, 0) is 16.1 Å². The van der Waals surface area contributed by atoms with E-state index in [1.807, 2.05) is 31.2 Å². The molecule has 3 rings (SSSR count). The summed E-state index contributed by atoms with van der Waals surface area (Å²) >= 11 is 0. The summed E-state index contributed by atoms with van der Waals surface area (Å²) < 4.78 is 5.41. The predicted octanol–water partition coefficient (Wildman–Crippen LogP) is 1.97. The minimum absolute atomic E-state index is 0.0547. The van der Waals surface area contributed by atoms with Crippen LogP contribution in [0, 0.1) is 6.92 Å². The maximum atomic E-state index is 12.3. The van der Waals surface area contributed by atoms with Crippen molar-refractivity contribution in [2.24, 2.45) is 0 Å². The quantitative estimate of drug-likeness (QED) is 0.942. The van der Waals surface area contributed by atoms with E-state index in [0.29, 0.717) is 12.2 Å². The van der Waals surface area contributed by atoms with Crippen molar-refractivity contribution < 1.29 is 9.53 Å². The maximum Gasteiger partial charge on any atom is 0.253 e. The van der Waals surface area contributed by atoms with Crippen molar-refractivity contribution >= 4 is 16.8 Å². The van der Waals surface area contributed by atoms with Crippen LogP contribution in [0.3, 0.4) is 0 Å². The second-order valence-electron chi connectivity index (χ2n) is 5.91. The van der Waals surface area contributed by atoms with Gasteiger partial charge in [-0.15, -0.1) is 0 Å². The molecule has 1 aromatic heterocycles. The second kappa shape index (κ2) is 5.93. The molecule has 5 nitrogen and oxygen atoms in total. The molecule has 1 aliphatic heterocycles. The number of carbonyl (C=O) groups is 1. The summed E-state index contributed by atoms with van der Waals surface area (Å²) in [6, 6.07) is 7.78. The summed E-state index contributed by atoms with van der Waals surface area (Å²) in [6.07, 6.45) is 1.32. The minimum Gasteiger partial charge on any atom is -0.368 e. The molecule has 1 amide bonds. The van der Waals surface area contributed by atoms with Crippen LogP contribution >= 0.6 is 0 Å². The molecule has 1 fully saturated rings. The van der Waals surface area contributed by atoms with Gasteiger partial charge in [0, 0.05) is 24.7 Å². The van der Waals surface area contributed by atoms with Gasteiger partial charge in [-0.25, -0.2) is 0 Å². The summed E-state index contributed by atoms with van der Waals surface area (Å²) in [4.78, 5) is 28.9. The highest BCUT2D eigenvalue weighted by Gasteiger charge is 2.26. The lowest BCUT2D eigenvalue weighted by Crippen LogP contribution is -2.36. The van der Waals surface area contributed by atoms with Crippen LogP contribution < -0.4 is 5.56 Å². The number of hydrogen-bond donors (Lipinski definition) is 1. The van der Waals surface area contributed by atoms with Crippen molar-refractivity contribution in [3.8, 4) is 0 Å². The van der Waals surface area contributed by atoms with Gasteiger partial charge in [0.05, 0.1) is 6.54 Å². The van der Waals surface area contributed by atoms with Crippen molar-refractivity contribution in [1.82, 2.24) is 9.88 Å². The summed E-state index contributed by atoms with van der Waals surface area (Å²) in [5.41, 5.74) is 2.36. The van der Waals surface area contributed by atoms with E-state index in [9.17, 15) is 9.59 Å². The first-order valence-electron chi connectivity index (χ1n) is 7.54. The zero-order chi connectivity index (χ0) is 15.7. The van der Waals surface area contributed by atoms with E-state index in [1.54, 1.807) is 11.9 Å². The molecule has 22 heavy (non-hydrogen) atoms. The topological polar surface area (TPSA) is 62.4 Å². The van der Waals surface area contributed by atoms with Gasteiger partial charge in [0.1, 0.15) is 6.10 Å². The number of amides is 1. The largest absolute Gasteiger partial charge is 0.368 e. The Labute approximate surface area is 128 Å². The van der Waals surface area contributed by atoms with E-state index < -0.39 is 0 Å². The highest BCUT2D eigenvalue weighted by molar-refractivity contribution is 5.82. The smallest absolute Gasteiger partial charge is 0.253 e. The minimum atomic E-state index is -0.354. The average Bonchev–Trinajstić information content (AvgIpc) is 3.01. The van der Waals surface area contributed by atoms with Crippen molar-refractivity contribution in [1.29, 1.82) is 0 Å². The number of hydrogen-bond acceptors (Lipinski definition) is 3. The van der Waals surface area contributed by atoms with E-state index >= 15 is 0 Å². The maximum absolute atomic E-state index is 12.3. The number of nitrogens with zero attached hydrogens (tertiary/aromatic N) is 1. The fourth-order valence-electron chi connectivity index (χ4n) is 2.83. The van der Waals surface area contributed by atoms with Crippen LogP contribution in [0.2, 0.25) is 0 Å². The molecule has 0 saturated carbocycles. The third kappa shape index (κ3) is 2.90. The molecule has 1 N–H and O–H groups in total. The molecule has 5 heteroatoms. The first-order valence-corrected chi connectivity index (χ1v) is 7.54. The van der Waals surface area contributed by atoms with Crippen LogP contribution in [0.15, 0.2) is 29.1 Å². The SMILES string of the molecule is Cc1ccc2cc(CN(C)C(=O)[C@@H]3CCCO3)c(=O)[nH]c2c1. The van der Waals surface area contributed by atoms with Gasteiger partial charge in [-0.05, 0) is 42.8 Å². The first-order chi connectivity index (χ1) is 10.5. The van der Waals surface area contributed by atoms with Crippen LogP contribution in [0.5, 0.6) is 0 Å². The highest BCUT2D eigenvalue weighted by atomic mass is 16.5. The summed E-state index contributed by atoms with van der Waals surface area (Å²) in [5.74, 6) is -0.0547. The van der Waals surface area contributed by atoms with Gasteiger partial charge >= 0.3 is 0 Å². The molecule has 0 spiro atoms. The molecule has 2 aromatic rings. The Morgan fingerprint density at radius 2 is 2.23 bits per heavy atom. The zero-order valence-corrected chi connectivity index (χ0v) is 12.9. The Hall–Kier alpha value is -2.14. The van der Waals surface area contributed by atoms with Gasteiger partial charge in [0.2, 0.25) is 0 Å². The number of aromatic amines is 1. The number of pyridine rings is 1. The van der Waals surface area contributed by atoms with Crippen LogP contribution in [0.1, 0.15) is 24.0 Å². The average molecular weight is 300 g/mol. The number of aromatic nitrogens is 1. The first kappa shape index (κ1) is 14.8. The summed E-state index contributed by atoms with van der Waals surface area (Å²) in [6.45, 7) is 2.91. The lowest BCUT2D eigenvalue weighted by Gasteiger charge is -2.20. The number of ether oxygens (including phenoxy) is 1. The Bertz CT molecular complexity index is 760. The van der Waals surface area contributed by atoms with E-state index in [-0.39, 0.29) is 24.1 Å². The Morgan fingerprint density at radius 3 is 2.95 bits per heavy atom. The number of H-pyrrole nitrogens is 1. The fourth-order valence-corrected chi connectivity index (χ4v) is 2.83. The number of carbonyl (C=O) groups excluding carboxylic acids is 1. The molecule has 1 aromatic carbocycles. The van der Waals surface area contributed by atoms with Crippen molar-refractivity contribution in [2.75, 3.05) is 13.7 Å². The Kier molecular flexibility index (Phi) is 3.98. The Morgan fingerprint density at radius 1 is 1.41 bits per heavy atom. The van der Waals surface area contributed by atoms with Gasteiger partial charge in [-0.2, -0.15) is 0 Å². The van der Waals surface area contributed by atoms with Gasteiger partial charge in [-0.1, -0.05) is 12.1 Å². The number of rotatable bonds is 3. The monoisotopic (exact) mass is 300 g/mol. The molecule has 1 atom stereocenters. The number of aryl methyl sites for hydroxylation is 1. The van der Waals surface area contributed by atoms with E-state index in [4.69, 9.17) is 4.74 Å². The number of fused-ring (bicyclic) bond motifs is 1. The molecule has 1 aliphatic rings.